The van der Waals surface area contributed by atoms with Crippen molar-refractivity contribution in [1.82, 2.24) is 0 Å². The molecular weight excluding hydrogens is 224 g/mol. The number of benzene rings is 1. The number of thiol groups is 1. The van der Waals surface area contributed by atoms with Gasteiger partial charge in [-0.25, -0.2) is 0 Å². The molecule has 1 aromatic carbocycles. The fourth-order valence-corrected chi connectivity index (χ4v) is 1.50. The number of alkyl halides is 1. The highest BCUT2D eigenvalue weighted by Crippen LogP contribution is 2.23. The van der Waals surface area contributed by atoms with Crippen molar-refractivity contribution >= 4 is 28.6 Å². The summed E-state index contributed by atoms with van der Waals surface area (Å²) in [5.41, 5.74) is 1.14. The van der Waals surface area contributed by atoms with Crippen LogP contribution in [-0.4, -0.2) is 7.11 Å². The van der Waals surface area contributed by atoms with Gasteiger partial charge in [-0.1, -0.05) is 22.0 Å². The Bertz CT molecular complexity index is 250. The third-order valence-electron chi connectivity index (χ3n) is 1.41. The zero-order chi connectivity index (χ0) is 8.27. The summed E-state index contributed by atoms with van der Waals surface area (Å²) in [7, 11) is 1.66. The number of ether oxygens (including phenoxy) is 1. The van der Waals surface area contributed by atoms with Gasteiger partial charge in [0.2, 0.25) is 0 Å². The lowest BCUT2D eigenvalue weighted by molar-refractivity contribution is 0.410. The molecule has 0 saturated heterocycles. The van der Waals surface area contributed by atoms with E-state index in [2.05, 4.69) is 28.6 Å². The molecule has 0 aliphatic carbocycles. The zero-order valence-electron chi connectivity index (χ0n) is 6.17. The lowest BCUT2D eigenvalue weighted by Gasteiger charge is -2.05. The van der Waals surface area contributed by atoms with Gasteiger partial charge < -0.3 is 4.74 Å². The SMILES string of the molecule is COc1cc(S)ccc1CBr. The van der Waals surface area contributed by atoms with Crippen LogP contribution in [0.1, 0.15) is 5.56 Å². The number of methoxy groups -OCH3 is 1. The second-order valence-electron chi connectivity index (χ2n) is 2.13. The van der Waals surface area contributed by atoms with Crippen LogP contribution < -0.4 is 4.74 Å². The molecule has 11 heavy (non-hydrogen) atoms. The second-order valence-corrected chi connectivity index (χ2v) is 3.21. The smallest absolute Gasteiger partial charge is 0.124 e. The Kier molecular flexibility index (Phi) is 3.27. The predicted molar refractivity (Wildman–Crippen MR) is 52.9 cm³/mol. The first-order chi connectivity index (χ1) is 5.27. The summed E-state index contributed by atoms with van der Waals surface area (Å²) in [5.74, 6) is 0.884. The summed E-state index contributed by atoms with van der Waals surface area (Å²) in [6.45, 7) is 0. The topological polar surface area (TPSA) is 9.23 Å². The van der Waals surface area contributed by atoms with Crippen molar-refractivity contribution in [3.05, 3.63) is 23.8 Å². The fraction of sp³-hybridized carbons (Fsp3) is 0.250. The van der Waals surface area contributed by atoms with Gasteiger partial charge in [-0.15, -0.1) is 12.6 Å². The van der Waals surface area contributed by atoms with E-state index in [0.717, 1.165) is 21.5 Å². The average molecular weight is 233 g/mol. The van der Waals surface area contributed by atoms with E-state index in [9.17, 15) is 0 Å². The van der Waals surface area contributed by atoms with E-state index in [0.29, 0.717) is 0 Å². The fourth-order valence-electron chi connectivity index (χ4n) is 0.844. The highest BCUT2D eigenvalue weighted by atomic mass is 79.9. The van der Waals surface area contributed by atoms with Crippen molar-refractivity contribution in [2.24, 2.45) is 0 Å². The summed E-state index contributed by atoms with van der Waals surface area (Å²) in [6.07, 6.45) is 0. The first-order valence-corrected chi connectivity index (χ1v) is 4.76. The van der Waals surface area contributed by atoms with E-state index in [1.54, 1.807) is 7.11 Å². The number of rotatable bonds is 2. The van der Waals surface area contributed by atoms with Crippen LogP contribution in [-0.2, 0) is 5.33 Å². The molecule has 0 heterocycles. The van der Waals surface area contributed by atoms with Gasteiger partial charge >= 0.3 is 0 Å². The van der Waals surface area contributed by atoms with Crippen LogP contribution in [0.15, 0.2) is 23.1 Å². The first kappa shape index (κ1) is 8.94. The van der Waals surface area contributed by atoms with Crippen molar-refractivity contribution in [1.29, 1.82) is 0 Å². The maximum atomic E-state index is 5.14. The van der Waals surface area contributed by atoms with E-state index in [4.69, 9.17) is 4.74 Å². The molecule has 60 valence electrons. The average Bonchev–Trinajstić information content (AvgIpc) is 2.04. The Morgan fingerprint density at radius 1 is 1.55 bits per heavy atom. The Hall–Kier alpha value is -0.150. The molecule has 0 aliphatic heterocycles. The normalized spacial score (nSPS) is 9.73. The number of hydrogen-bond donors (Lipinski definition) is 1. The standard InChI is InChI=1S/C8H9BrOS/c1-10-8-4-7(11)3-2-6(8)5-9/h2-4,11H,5H2,1H3. The van der Waals surface area contributed by atoms with Gasteiger partial charge in [0, 0.05) is 15.8 Å². The van der Waals surface area contributed by atoms with Crippen molar-refractivity contribution in [2.75, 3.05) is 7.11 Å². The molecule has 0 bridgehead atoms. The van der Waals surface area contributed by atoms with Gasteiger partial charge in [0.05, 0.1) is 7.11 Å². The van der Waals surface area contributed by atoms with Gasteiger partial charge in [0.25, 0.3) is 0 Å². The maximum absolute atomic E-state index is 5.14. The lowest BCUT2D eigenvalue weighted by Crippen LogP contribution is -1.88. The molecule has 0 saturated carbocycles. The first-order valence-electron chi connectivity index (χ1n) is 3.19. The van der Waals surface area contributed by atoms with Crippen molar-refractivity contribution in [3.8, 4) is 5.75 Å². The Labute approximate surface area is 80.3 Å². The zero-order valence-corrected chi connectivity index (χ0v) is 8.65. The van der Waals surface area contributed by atoms with Gasteiger partial charge in [0.15, 0.2) is 0 Å². The highest BCUT2D eigenvalue weighted by molar-refractivity contribution is 9.08. The minimum atomic E-state index is 0.810. The van der Waals surface area contributed by atoms with Gasteiger partial charge in [-0.3, -0.25) is 0 Å². The summed E-state index contributed by atoms with van der Waals surface area (Å²) < 4.78 is 5.14. The molecule has 0 spiro atoms. The van der Waals surface area contributed by atoms with Crippen LogP contribution in [0.3, 0.4) is 0 Å². The van der Waals surface area contributed by atoms with Crippen LogP contribution in [0.2, 0.25) is 0 Å². The van der Waals surface area contributed by atoms with E-state index in [-0.39, 0.29) is 0 Å². The minimum Gasteiger partial charge on any atom is -0.496 e. The number of hydrogen-bond acceptors (Lipinski definition) is 2. The Morgan fingerprint density at radius 3 is 2.82 bits per heavy atom. The highest BCUT2D eigenvalue weighted by Gasteiger charge is 1.99. The number of halogens is 1. The molecule has 0 atom stereocenters. The van der Waals surface area contributed by atoms with Gasteiger partial charge in [-0.05, 0) is 12.1 Å². The van der Waals surface area contributed by atoms with Crippen molar-refractivity contribution in [3.63, 3.8) is 0 Å². The molecule has 0 aliphatic rings. The predicted octanol–water partition coefficient (Wildman–Crippen LogP) is 2.88. The summed E-state index contributed by atoms with van der Waals surface area (Å²) in [5, 5.41) is 0.810. The summed E-state index contributed by atoms with van der Waals surface area (Å²) in [4.78, 5) is 0.923. The van der Waals surface area contributed by atoms with E-state index in [1.165, 1.54) is 0 Å². The molecule has 1 rings (SSSR count). The minimum absolute atomic E-state index is 0.810. The second kappa shape index (κ2) is 4.02. The van der Waals surface area contributed by atoms with Crippen LogP contribution in [0.25, 0.3) is 0 Å². The summed E-state index contributed by atoms with van der Waals surface area (Å²) >= 11 is 7.57. The van der Waals surface area contributed by atoms with E-state index < -0.39 is 0 Å². The third-order valence-corrected chi connectivity index (χ3v) is 2.30. The van der Waals surface area contributed by atoms with Gasteiger partial charge in [-0.2, -0.15) is 0 Å². The van der Waals surface area contributed by atoms with E-state index >= 15 is 0 Å². The van der Waals surface area contributed by atoms with Crippen molar-refractivity contribution in [2.45, 2.75) is 10.2 Å². The monoisotopic (exact) mass is 232 g/mol. The van der Waals surface area contributed by atoms with Crippen LogP contribution >= 0.6 is 28.6 Å². The maximum Gasteiger partial charge on any atom is 0.124 e. The molecule has 0 radical (unpaired) electrons. The summed E-state index contributed by atoms with van der Waals surface area (Å²) in [6, 6.07) is 5.85. The van der Waals surface area contributed by atoms with Crippen molar-refractivity contribution < 1.29 is 4.74 Å². The Balaban J connectivity index is 3.06. The molecule has 0 unspecified atom stereocenters. The van der Waals surface area contributed by atoms with Crippen LogP contribution in [0.4, 0.5) is 0 Å². The quantitative estimate of drug-likeness (QED) is 0.610. The molecule has 0 fully saturated rings. The molecular formula is C8H9BrOS. The largest absolute Gasteiger partial charge is 0.496 e. The molecule has 1 aromatic rings. The third kappa shape index (κ3) is 2.14. The van der Waals surface area contributed by atoms with Crippen LogP contribution in [0, 0.1) is 0 Å². The lowest BCUT2D eigenvalue weighted by atomic mass is 10.2. The molecule has 0 amide bonds. The van der Waals surface area contributed by atoms with Crippen LogP contribution in [0.5, 0.6) is 5.75 Å². The molecule has 0 aromatic heterocycles. The van der Waals surface area contributed by atoms with Gasteiger partial charge in [0.1, 0.15) is 5.75 Å². The Morgan fingerprint density at radius 2 is 2.27 bits per heavy atom. The molecule has 0 N–H and O–H groups in total. The molecule has 3 heteroatoms. The molecule has 1 nitrogen and oxygen atoms in total. The van der Waals surface area contributed by atoms with E-state index in [1.807, 2.05) is 18.2 Å².